The molecule has 1 aromatic rings. The first kappa shape index (κ1) is 16.6. The molecule has 1 atom stereocenters. The second-order valence-electron chi connectivity index (χ2n) is 4.70. The summed E-state index contributed by atoms with van der Waals surface area (Å²) in [7, 11) is 1.28. The van der Waals surface area contributed by atoms with Gasteiger partial charge in [-0.2, -0.15) is 0 Å². The molecule has 0 radical (unpaired) electrons. The highest BCUT2D eigenvalue weighted by atomic mass is 16.5. The molecule has 0 bridgehead atoms. The lowest BCUT2D eigenvalue weighted by molar-refractivity contribution is -0.146. The molecule has 0 aliphatic carbocycles. The van der Waals surface area contributed by atoms with E-state index < -0.39 is 11.9 Å². The van der Waals surface area contributed by atoms with Gasteiger partial charge in [0.25, 0.3) is 0 Å². The molecule has 1 unspecified atom stereocenters. The van der Waals surface area contributed by atoms with Crippen LogP contribution in [0.5, 0.6) is 0 Å². The predicted molar refractivity (Wildman–Crippen MR) is 79.0 cm³/mol. The second kappa shape index (κ2) is 7.99. The van der Waals surface area contributed by atoms with Gasteiger partial charge in [0.1, 0.15) is 0 Å². The van der Waals surface area contributed by atoms with E-state index in [1.54, 1.807) is 13.0 Å². The highest BCUT2D eigenvalue weighted by molar-refractivity contribution is 6.03. The maximum absolute atomic E-state index is 12.2. The number of nitrogens with one attached hydrogen (secondary N) is 1. The number of allylic oxidation sites excluding steroid dienone is 1. The van der Waals surface area contributed by atoms with E-state index in [9.17, 15) is 14.4 Å². The third-order valence-corrected chi connectivity index (χ3v) is 2.82. The molecule has 5 heteroatoms. The summed E-state index contributed by atoms with van der Waals surface area (Å²) in [6, 6.07) is 9.16. The summed E-state index contributed by atoms with van der Waals surface area (Å²) in [6.07, 6.45) is 1.57. The fourth-order valence-electron chi connectivity index (χ4n) is 1.76. The average Bonchev–Trinajstić information content (AvgIpc) is 2.46. The van der Waals surface area contributed by atoms with Gasteiger partial charge in [0, 0.05) is 13.3 Å². The molecule has 0 aliphatic rings. The van der Waals surface area contributed by atoms with Gasteiger partial charge in [-0.05, 0) is 11.6 Å². The minimum atomic E-state index is -0.560. The lowest BCUT2D eigenvalue weighted by Gasteiger charge is -2.11. The maximum Gasteiger partial charge on any atom is 0.308 e. The molecule has 1 rings (SSSR count). The number of rotatable bonds is 6. The van der Waals surface area contributed by atoms with Gasteiger partial charge in [0.15, 0.2) is 5.78 Å². The molecule has 0 aromatic heterocycles. The van der Waals surface area contributed by atoms with E-state index in [0.29, 0.717) is 0 Å². The van der Waals surface area contributed by atoms with Crippen LogP contribution in [0.2, 0.25) is 0 Å². The van der Waals surface area contributed by atoms with E-state index in [1.807, 2.05) is 30.3 Å². The number of amides is 1. The summed E-state index contributed by atoms with van der Waals surface area (Å²) in [5.41, 5.74) is 0.963. The van der Waals surface area contributed by atoms with Crippen LogP contribution in [0, 0.1) is 5.92 Å². The first-order chi connectivity index (χ1) is 9.93. The van der Waals surface area contributed by atoms with Crippen molar-refractivity contribution in [3.8, 4) is 0 Å². The molecule has 21 heavy (non-hydrogen) atoms. The van der Waals surface area contributed by atoms with Crippen LogP contribution in [-0.4, -0.2) is 24.8 Å². The highest BCUT2D eigenvalue weighted by Crippen LogP contribution is 2.12. The van der Waals surface area contributed by atoms with Crippen LogP contribution in [0.15, 0.2) is 36.0 Å². The maximum atomic E-state index is 12.2. The van der Waals surface area contributed by atoms with Crippen molar-refractivity contribution < 1.29 is 19.1 Å². The van der Waals surface area contributed by atoms with Crippen molar-refractivity contribution in [3.63, 3.8) is 0 Å². The smallest absolute Gasteiger partial charge is 0.308 e. The summed E-state index contributed by atoms with van der Waals surface area (Å²) in [6.45, 7) is 2.94. The van der Waals surface area contributed by atoms with Gasteiger partial charge >= 0.3 is 5.97 Å². The van der Waals surface area contributed by atoms with Crippen LogP contribution in [0.25, 0.3) is 6.08 Å². The predicted octanol–water partition coefficient (Wildman–Crippen LogP) is 1.93. The van der Waals surface area contributed by atoms with Crippen molar-refractivity contribution >= 4 is 23.7 Å². The molecule has 1 N–H and O–H groups in total. The molecule has 0 spiro atoms. The van der Waals surface area contributed by atoms with E-state index in [-0.39, 0.29) is 23.8 Å². The summed E-state index contributed by atoms with van der Waals surface area (Å²) in [4.78, 5) is 34.8. The molecule has 0 fully saturated rings. The first-order valence-electron chi connectivity index (χ1n) is 6.59. The van der Waals surface area contributed by atoms with Gasteiger partial charge in [-0.15, -0.1) is 0 Å². The number of esters is 1. The van der Waals surface area contributed by atoms with Crippen molar-refractivity contribution in [2.24, 2.45) is 5.92 Å². The third kappa shape index (κ3) is 5.60. The fraction of sp³-hybridized carbons (Fsp3) is 0.312. The van der Waals surface area contributed by atoms with Gasteiger partial charge in [-0.3, -0.25) is 14.4 Å². The van der Waals surface area contributed by atoms with E-state index in [1.165, 1.54) is 14.0 Å². The quantitative estimate of drug-likeness (QED) is 0.641. The highest BCUT2D eigenvalue weighted by Gasteiger charge is 2.20. The Morgan fingerprint density at radius 3 is 2.38 bits per heavy atom. The van der Waals surface area contributed by atoms with E-state index in [2.05, 4.69) is 10.1 Å². The number of Topliss-reactive ketones (excluding diaryl/α,β-unsaturated/α-hetero) is 1. The molecule has 0 aliphatic heterocycles. The Hall–Kier alpha value is -2.43. The molecule has 112 valence electrons. The fourth-order valence-corrected chi connectivity index (χ4v) is 1.76. The number of hydrogen-bond donors (Lipinski definition) is 1. The van der Waals surface area contributed by atoms with Crippen LogP contribution in [-0.2, 0) is 19.1 Å². The number of hydrogen-bond acceptors (Lipinski definition) is 4. The Bertz CT molecular complexity index is 549. The largest absolute Gasteiger partial charge is 0.469 e. The molecule has 1 aromatic carbocycles. The molecular weight excluding hydrogens is 270 g/mol. The Kier molecular flexibility index (Phi) is 6.33. The lowest BCUT2D eigenvalue weighted by Crippen LogP contribution is -2.27. The van der Waals surface area contributed by atoms with E-state index in [4.69, 9.17) is 0 Å². The summed E-state index contributed by atoms with van der Waals surface area (Å²) >= 11 is 0. The van der Waals surface area contributed by atoms with Crippen molar-refractivity contribution in [3.05, 3.63) is 41.6 Å². The van der Waals surface area contributed by atoms with Crippen molar-refractivity contribution in [2.45, 2.75) is 20.3 Å². The number of methoxy groups -OCH3 is 1. The Balaban J connectivity index is 2.92. The summed E-state index contributed by atoms with van der Waals surface area (Å²) in [5, 5.41) is 2.51. The Labute approximate surface area is 124 Å². The number of carbonyl (C=O) groups excluding carboxylic acids is 3. The summed E-state index contributed by atoms with van der Waals surface area (Å²) in [5.74, 6) is -1.66. The lowest BCUT2D eigenvalue weighted by atomic mass is 10.0. The summed E-state index contributed by atoms with van der Waals surface area (Å²) < 4.78 is 4.59. The molecule has 0 heterocycles. The number of ether oxygens (including phenoxy) is 1. The van der Waals surface area contributed by atoms with E-state index >= 15 is 0 Å². The van der Waals surface area contributed by atoms with E-state index in [0.717, 1.165) is 5.56 Å². The standard InChI is InChI=1S/C16H19NO4/c1-11(16(20)21-3)9-15(19)14(17-12(2)18)10-13-7-5-4-6-8-13/h4-8,10-11H,9H2,1-3H3,(H,17,18)/b14-10-. The van der Waals surface area contributed by atoms with Gasteiger partial charge < -0.3 is 10.1 Å². The minimum Gasteiger partial charge on any atom is -0.469 e. The normalized spacial score (nSPS) is 12.4. The van der Waals surface area contributed by atoms with Gasteiger partial charge in [-0.25, -0.2) is 0 Å². The molecule has 0 saturated heterocycles. The topological polar surface area (TPSA) is 72.5 Å². The zero-order chi connectivity index (χ0) is 15.8. The second-order valence-corrected chi connectivity index (χ2v) is 4.70. The zero-order valence-corrected chi connectivity index (χ0v) is 12.4. The SMILES string of the molecule is COC(=O)C(C)CC(=O)/C(=C/c1ccccc1)NC(C)=O. The average molecular weight is 289 g/mol. The number of benzene rings is 1. The van der Waals surface area contributed by atoms with Gasteiger partial charge in [0.2, 0.25) is 5.91 Å². The van der Waals surface area contributed by atoms with Crippen LogP contribution in [0.3, 0.4) is 0 Å². The Morgan fingerprint density at radius 2 is 1.86 bits per heavy atom. The van der Waals surface area contributed by atoms with Crippen LogP contribution < -0.4 is 5.32 Å². The molecule has 0 saturated carbocycles. The van der Waals surface area contributed by atoms with Crippen molar-refractivity contribution in [2.75, 3.05) is 7.11 Å². The van der Waals surface area contributed by atoms with Gasteiger partial charge in [0.05, 0.1) is 18.7 Å². The number of ketones is 1. The number of carbonyl (C=O) groups is 3. The molecule has 1 amide bonds. The van der Waals surface area contributed by atoms with Gasteiger partial charge in [-0.1, -0.05) is 37.3 Å². The van der Waals surface area contributed by atoms with Crippen molar-refractivity contribution in [1.82, 2.24) is 5.32 Å². The first-order valence-corrected chi connectivity index (χ1v) is 6.59. The zero-order valence-electron chi connectivity index (χ0n) is 12.4. The molecular formula is C16H19NO4. The van der Waals surface area contributed by atoms with Crippen molar-refractivity contribution in [1.29, 1.82) is 0 Å². The van der Waals surface area contributed by atoms with Crippen LogP contribution >= 0.6 is 0 Å². The third-order valence-electron chi connectivity index (χ3n) is 2.82. The van der Waals surface area contributed by atoms with Crippen LogP contribution in [0.4, 0.5) is 0 Å². The molecule has 5 nitrogen and oxygen atoms in total. The Morgan fingerprint density at radius 1 is 1.24 bits per heavy atom. The van der Waals surface area contributed by atoms with Crippen LogP contribution in [0.1, 0.15) is 25.8 Å². The monoisotopic (exact) mass is 289 g/mol. The minimum absolute atomic E-state index is 0.0222.